The summed E-state index contributed by atoms with van der Waals surface area (Å²) < 4.78 is 63.4. The van der Waals surface area contributed by atoms with Gasteiger partial charge in [-0.25, -0.2) is 0 Å². The molecule has 1 atom stereocenters. The van der Waals surface area contributed by atoms with E-state index in [4.69, 9.17) is 10.3 Å². The SMILES string of the molecule is CC(N)Nc1nc(Nc2ccc(S(=O)(=O)O)cc2)nc(Nc2cccc(S(=O)(=O)O)c2)n1. The molecule has 170 valence electrons. The second-order valence-corrected chi connectivity index (χ2v) is 9.33. The van der Waals surface area contributed by atoms with Crippen molar-refractivity contribution in [1.82, 2.24) is 15.0 Å². The molecule has 32 heavy (non-hydrogen) atoms. The summed E-state index contributed by atoms with van der Waals surface area (Å²) >= 11 is 0. The van der Waals surface area contributed by atoms with Gasteiger partial charge in [-0.15, -0.1) is 0 Å². The number of hydrogen-bond donors (Lipinski definition) is 6. The van der Waals surface area contributed by atoms with E-state index in [0.717, 1.165) is 0 Å². The Morgan fingerprint density at radius 1 is 0.781 bits per heavy atom. The summed E-state index contributed by atoms with van der Waals surface area (Å²) in [7, 11) is -8.73. The number of anilines is 5. The Morgan fingerprint density at radius 2 is 1.31 bits per heavy atom. The van der Waals surface area contributed by atoms with E-state index >= 15 is 0 Å². The molecule has 0 aliphatic heterocycles. The van der Waals surface area contributed by atoms with Gasteiger partial charge in [0.2, 0.25) is 17.8 Å². The van der Waals surface area contributed by atoms with Crippen LogP contribution in [0.1, 0.15) is 6.92 Å². The van der Waals surface area contributed by atoms with E-state index in [9.17, 15) is 21.4 Å². The zero-order chi connectivity index (χ0) is 23.5. The number of benzene rings is 2. The summed E-state index contributed by atoms with van der Waals surface area (Å²) in [5, 5.41) is 8.49. The molecule has 1 unspecified atom stereocenters. The molecule has 1 aromatic heterocycles. The zero-order valence-electron chi connectivity index (χ0n) is 16.5. The lowest BCUT2D eigenvalue weighted by atomic mass is 10.3. The molecule has 2 aromatic carbocycles. The maximum atomic E-state index is 11.4. The lowest BCUT2D eigenvalue weighted by Crippen LogP contribution is -2.26. The number of nitrogens with zero attached hydrogens (tertiary/aromatic N) is 3. The van der Waals surface area contributed by atoms with E-state index in [2.05, 4.69) is 30.9 Å². The second kappa shape index (κ2) is 9.01. The largest absolute Gasteiger partial charge is 0.339 e. The van der Waals surface area contributed by atoms with Gasteiger partial charge < -0.3 is 21.7 Å². The summed E-state index contributed by atoms with van der Waals surface area (Å²) in [5.74, 6) is 0.171. The Labute approximate surface area is 183 Å². The molecule has 0 aliphatic rings. The average Bonchev–Trinajstić information content (AvgIpc) is 2.66. The standard InChI is InChI=1S/C17H19N7O6S2/c1-10(18)19-15-22-16(20-11-5-7-13(8-6-11)31(25,26)27)24-17(23-15)21-12-3-2-4-14(9-12)32(28,29)30/h2-10H,18H2,1H3,(H,25,26,27)(H,28,29,30)(H3,19,20,21,22,23,24). The Morgan fingerprint density at radius 3 is 1.84 bits per heavy atom. The summed E-state index contributed by atoms with van der Waals surface area (Å²) in [6.45, 7) is 1.66. The molecule has 1 heterocycles. The minimum atomic E-state index is -4.40. The molecule has 0 saturated carbocycles. The van der Waals surface area contributed by atoms with Crippen LogP contribution in [0.15, 0.2) is 58.3 Å². The monoisotopic (exact) mass is 481 g/mol. The van der Waals surface area contributed by atoms with Gasteiger partial charge in [0.15, 0.2) is 0 Å². The van der Waals surface area contributed by atoms with Crippen LogP contribution in [0.5, 0.6) is 0 Å². The highest BCUT2D eigenvalue weighted by Gasteiger charge is 2.13. The number of nitrogens with one attached hydrogen (secondary N) is 3. The first-order valence-electron chi connectivity index (χ1n) is 8.87. The van der Waals surface area contributed by atoms with Gasteiger partial charge in [0.1, 0.15) is 0 Å². The van der Waals surface area contributed by atoms with Crippen LogP contribution in [0.3, 0.4) is 0 Å². The maximum Gasteiger partial charge on any atom is 0.294 e. The van der Waals surface area contributed by atoms with Gasteiger partial charge in [0, 0.05) is 11.4 Å². The summed E-state index contributed by atoms with van der Waals surface area (Å²) in [4.78, 5) is 11.9. The molecular weight excluding hydrogens is 462 g/mol. The van der Waals surface area contributed by atoms with Crippen molar-refractivity contribution in [3.05, 3.63) is 48.5 Å². The number of rotatable bonds is 8. The van der Waals surface area contributed by atoms with Crippen molar-refractivity contribution in [1.29, 1.82) is 0 Å². The summed E-state index contributed by atoms with van der Waals surface area (Å²) in [6.07, 6.45) is -0.505. The topological polar surface area (TPSA) is 210 Å². The van der Waals surface area contributed by atoms with Crippen molar-refractivity contribution in [2.45, 2.75) is 22.9 Å². The number of hydrogen-bond acceptors (Lipinski definition) is 11. The van der Waals surface area contributed by atoms with Gasteiger partial charge in [0.25, 0.3) is 20.2 Å². The Kier molecular flexibility index (Phi) is 6.56. The predicted octanol–water partition coefficient (Wildman–Crippen LogP) is 1.57. The van der Waals surface area contributed by atoms with Crippen molar-refractivity contribution in [3.8, 4) is 0 Å². The third-order valence-electron chi connectivity index (χ3n) is 3.79. The lowest BCUT2D eigenvalue weighted by molar-refractivity contribution is 0.481. The highest BCUT2D eigenvalue weighted by Crippen LogP contribution is 2.22. The van der Waals surface area contributed by atoms with E-state index in [-0.39, 0.29) is 33.3 Å². The van der Waals surface area contributed by atoms with Crippen LogP contribution >= 0.6 is 0 Å². The second-order valence-electron chi connectivity index (χ2n) is 6.49. The van der Waals surface area contributed by atoms with E-state index in [1.165, 1.54) is 48.5 Å². The lowest BCUT2D eigenvalue weighted by Gasteiger charge is -2.13. The third-order valence-corrected chi connectivity index (χ3v) is 5.51. The van der Waals surface area contributed by atoms with Gasteiger partial charge in [-0.3, -0.25) is 9.11 Å². The molecule has 0 spiro atoms. The predicted molar refractivity (Wildman–Crippen MR) is 116 cm³/mol. The molecule has 13 nitrogen and oxygen atoms in total. The van der Waals surface area contributed by atoms with Crippen LogP contribution in [0, 0.1) is 0 Å². The fourth-order valence-corrected chi connectivity index (χ4v) is 3.47. The molecule has 3 rings (SSSR count). The fourth-order valence-electron chi connectivity index (χ4n) is 2.46. The van der Waals surface area contributed by atoms with Gasteiger partial charge in [-0.2, -0.15) is 31.8 Å². The molecule has 0 amide bonds. The summed E-state index contributed by atoms with van der Waals surface area (Å²) in [6, 6.07) is 10.6. The molecule has 15 heteroatoms. The average molecular weight is 482 g/mol. The van der Waals surface area contributed by atoms with Crippen LogP contribution in [0.2, 0.25) is 0 Å². The molecule has 0 radical (unpaired) electrons. The number of aromatic nitrogens is 3. The quantitative estimate of drug-likeness (QED) is 0.199. The Bertz CT molecular complexity index is 1330. The zero-order valence-corrected chi connectivity index (χ0v) is 18.1. The minimum Gasteiger partial charge on any atom is -0.339 e. The van der Waals surface area contributed by atoms with Crippen LogP contribution < -0.4 is 21.7 Å². The fraction of sp³-hybridized carbons (Fsp3) is 0.118. The smallest absolute Gasteiger partial charge is 0.294 e. The van der Waals surface area contributed by atoms with E-state index in [0.29, 0.717) is 5.69 Å². The van der Waals surface area contributed by atoms with Crippen molar-refractivity contribution >= 4 is 49.5 Å². The Hall–Kier alpha value is -3.37. The van der Waals surface area contributed by atoms with Crippen LogP contribution in [0.25, 0.3) is 0 Å². The van der Waals surface area contributed by atoms with E-state index in [1.54, 1.807) is 6.92 Å². The van der Waals surface area contributed by atoms with Crippen LogP contribution in [0.4, 0.5) is 29.2 Å². The molecule has 0 bridgehead atoms. The van der Waals surface area contributed by atoms with Gasteiger partial charge in [0.05, 0.1) is 16.0 Å². The first-order valence-corrected chi connectivity index (χ1v) is 11.8. The van der Waals surface area contributed by atoms with Crippen molar-refractivity contribution in [3.63, 3.8) is 0 Å². The molecule has 3 aromatic rings. The Balaban J connectivity index is 1.91. The molecular formula is C17H19N7O6S2. The molecule has 0 saturated heterocycles. The van der Waals surface area contributed by atoms with Crippen molar-refractivity contribution < 1.29 is 25.9 Å². The minimum absolute atomic E-state index is 0.0210. The highest BCUT2D eigenvalue weighted by atomic mass is 32.2. The normalized spacial score (nSPS) is 12.8. The first kappa shape index (κ1) is 23.3. The van der Waals surface area contributed by atoms with Crippen LogP contribution in [-0.2, 0) is 20.2 Å². The first-order chi connectivity index (χ1) is 14.9. The highest BCUT2D eigenvalue weighted by molar-refractivity contribution is 7.86. The molecule has 7 N–H and O–H groups in total. The molecule has 0 fully saturated rings. The van der Waals surface area contributed by atoms with Crippen molar-refractivity contribution in [2.24, 2.45) is 5.73 Å². The summed E-state index contributed by atoms with van der Waals surface area (Å²) in [5.41, 5.74) is 6.42. The number of nitrogens with two attached hydrogens (primary N) is 1. The van der Waals surface area contributed by atoms with Crippen LogP contribution in [-0.4, -0.2) is 47.1 Å². The third kappa shape index (κ3) is 6.32. The van der Waals surface area contributed by atoms with Gasteiger partial charge in [-0.1, -0.05) is 6.07 Å². The molecule has 0 aliphatic carbocycles. The van der Waals surface area contributed by atoms with Gasteiger partial charge in [-0.05, 0) is 49.4 Å². The maximum absolute atomic E-state index is 11.4. The van der Waals surface area contributed by atoms with Crippen molar-refractivity contribution in [2.75, 3.05) is 16.0 Å². The van der Waals surface area contributed by atoms with Gasteiger partial charge >= 0.3 is 0 Å². The van der Waals surface area contributed by atoms with E-state index in [1.807, 2.05) is 0 Å². The van der Waals surface area contributed by atoms with E-state index < -0.39 is 26.4 Å².